The van der Waals surface area contributed by atoms with Crippen molar-refractivity contribution in [3.63, 3.8) is 0 Å². The summed E-state index contributed by atoms with van der Waals surface area (Å²) in [6, 6.07) is 11.6. The van der Waals surface area contributed by atoms with Crippen LogP contribution in [0.5, 0.6) is 17.2 Å². The second-order valence-electron chi connectivity index (χ2n) is 7.84. The summed E-state index contributed by atoms with van der Waals surface area (Å²) in [6.07, 6.45) is 2.56. The van der Waals surface area contributed by atoms with Crippen molar-refractivity contribution in [3.8, 4) is 17.2 Å². The van der Waals surface area contributed by atoms with Crippen molar-refractivity contribution in [1.29, 1.82) is 0 Å². The SMILES string of the molecule is COc1cc(OC)c(C(=O)NCc2ccccc2CN2CCCC(C)C2)cc1OC. The molecule has 0 spiro atoms. The Morgan fingerprint density at radius 2 is 1.70 bits per heavy atom. The van der Waals surface area contributed by atoms with Crippen LogP contribution in [0.1, 0.15) is 41.3 Å². The second-order valence-corrected chi connectivity index (χ2v) is 7.84. The number of nitrogens with one attached hydrogen (secondary N) is 1. The van der Waals surface area contributed by atoms with Gasteiger partial charge in [-0.05, 0) is 36.4 Å². The Hall–Kier alpha value is -2.73. The lowest BCUT2D eigenvalue weighted by atomic mass is 9.99. The fraction of sp³-hybridized carbons (Fsp3) is 0.458. The van der Waals surface area contributed by atoms with Gasteiger partial charge in [-0.1, -0.05) is 31.2 Å². The largest absolute Gasteiger partial charge is 0.496 e. The molecule has 0 aliphatic carbocycles. The normalized spacial score (nSPS) is 16.7. The van der Waals surface area contributed by atoms with Gasteiger partial charge < -0.3 is 19.5 Å². The Bertz CT molecular complexity index is 868. The van der Waals surface area contributed by atoms with Crippen molar-refractivity contribution < 1.29 is 19.0 Å². The Morgan fingerprint density at radius 1 is 1.03 bits per heavy atom. The first-order chi connectivity index (χ1) is 14.5. The average molecular weight is 413 g/mol. The van der Waals surface area contributed by atoms with Crippen molar-refractivity contribution in [3.05, 3.63) is 53.1 Å². The van der Waals surface area contributed by atoms with Gasteiger partial charge in [0.25, 0.3) is 5.91 Å². The van der Waals surface area contributed by atoms with Crippen LogP contribution in [-0.2, 0) is 13.1 Å². The number of piperidine rings is 1. The summed E-state index contributed by atoms with van der Waals surface area (Å²) >= 11 is 0. The molecule has 2 aromatic carbocycles. The maximum Gasteiger partial charge on any atom is 0.255 e. The first kappa shape index (κ1) is 22.0. The van der Waals surface area contributed by atoms with E-state index in [-0.39, 0.29) is 5.91 Å². The van der Waals surface area contributed by atoms with Gasteiger partial charge in [0.05, 0.1) is 26.9 Å². The maximum absolute atomic E-state index is 12.9. The van der Waals surface area contributed by atoms with E-state index in [4.69, 9.17) is 14.2 Å². The molecule has 3 rings (SSSR count). The van der Waals surface area contributed by atoms with Gasteiger partial charge in [0, 0.05) is 31.8 Å². The highest BCUT2D eigenvalue weighted by Crippen LogP contribution is 2.34. The fourth-order valence-corrected chi connectivity index (χ4v) is 4.03. The topological polar surface area (TPSA) is 60.0 Å². The number of rotatable bonds is 8. The van der Waals surface area contributed by atoms with E-state index in [1.165, 1.54) is 25.5 Å². The number of carbonyl (C=O) groups is 1. The summed E-state index contributed by atoms with van der Waals surface area (Å²) < 4.78 is 16.0. The van der Waals surface area contributed by atoms with Crippen molar-refractivity contribution in [1.82, 2.24) is 10.2 Å². The van der Waals surface area contributed by atoms with Gasteiger partial charge in [0.1, 0.15) is 5.75 Å². The van der Waals surface area contributed by atoms with Crippen molar-refractivity contribution in [2.24, 2.45) is 5.92 Å². The minimum absolute atomic E-state index is 0.214. The number of benzene rings is 2. The average Bonchev–Trinajstić information content (AvgIpc) is 2.77. The smallest absolute Gasteiger partial charge is 0.255 e. The van der Waals surface area contributed by atoms with E-state index in [1.807, 2.05) is 6.07 Å². The quantitative estimate of drug-likeness (QED) is 0.713. The third kappa shape index (κ3) is 5.25. The lowest BCUT2D eigenvalue weighted by Crippen LogP contribution is -2.34. The molecule has 0 radical (unpaired) electrons. The molecule has 1 amide bonds. The van der Waals surface area contributed by atoms with E-state index in [9.17, 15) is 4.79 Å². The fourth-order valence-electron chi connectivity index (χ4n) is 4.03. The van der Waals surface area contributed by atoms with Crippen LogP contribution in [0.15, 0.2) is 36.4 Å². The number of hydrogen-bond donors (Lipinski definition) is 1. The van der Waals surface area contributed by atoms with Gasteiger partial charge >= 0.3 is 0 Å². The molecular formula is C24H32N2O4. The molecule has 6 nitrogen and oxygen atoms in total. The molecule has 1 fully saturated rings. The van der Waals surface area contributed by atoms with Crippen molar-refractivity contribution in [2.75, 3.05) is 34.4 Å². The lowest BCUT2D eigenvalue weighted by molar-refractivity contribution is 0.0947. The summed E-state index contributed by atoms with van der Waals surface area (Å²) in [6.45, 7) is 5.94. The Balaban J connectivity index is 1.72. The number of methoxy groups -OCH3 is 3. The number of nitrogens with zero attached hydrogens (tertiary/aromatic N) is 1. The molecule has 30 heavy (non-hydrogen) atoms. The summed E-state index contributed by atoms with van der Waals surface area (Å²) in [7, 11) is 4.63. The summed E-state index contributed by atoms with van der Waals surface area (Å²) in [4.78, 5) is 15.4. The van der Waals surface area contributed by atoms with Crippen LogP contribution >= 0.6 is 0 Å². The zero-order valence-corrected chi connectivity index (χ0v) is 18.4. The highest BCUT2D eigenvalue weighted by molar-refractivity contribution is 5.97. The van der Waals surface area contributed by atoms with Crippen LogP contribution in [0, 0.1) is 5.92 Å². The molecule has 162 valence electrons. The highest BCUT2D eigenvalue weighted by Gasteiger charge is 2.19. The van der Waals surface area contributed by atoms with Gasteiger partial charge in [-0.3, -0.25) is 9.69 Å². The summed E-state index contributed by atoms with van der Waals surface area (Å²) in [5, 5.41) is 3.03. The van der Waals surface area contributed by atoms with Crippen molar-refractivity contribution in [2.45, 2.75) is 32.9 Å². The van der Waals surface area contributed by atoms with Crippen LogP contribution < -0.4 is 19.5 Å². The van der Waals surface area contributed by atoms with Crippen LogP contribution in [0.2, 0.25) is 0 Å². The predicted molar refractivity (Wildman–Crippen MR) is 117 cm³/mol. The van der Waals surface area contributed by atoms with Crippen LogP contribution in [-0.4, -0.2) is 45.2 Å². The third-order valence-corrected chi connectivity index (χ3v) is 5.64. The molecule has 0 aromatic heterocycles. The third-order valence-electron chi connectivity index (χ3n) is 5.64. The molecule has 1 heterocycles. The van der Waals surface area contributed by atoms with E-state index in [0.717, 1.165) is 31.1 Å². The second kappa shape index (κ2) is 10.3. The monoisotopic (exact) mass is 412 g/mol. The minimum atomic E-state index is -0.214. The van der Waals surface area contributed by atoms with Gasteiger partial charge in [-0.15, -0.1) is 0 Å². The number of ether oxygens (including phenoxy) is 3. The van der Waals surface area contributed by atoms with E-state index in [2.05, 4.69) is 35.3 Å². The number of likely N-dealkylation sites (tertiary alicyclic amines) is 1. The molecule has 1 aliphatic heterocycles. The standard InChI is InChI=1S/C24H32N2O4/c1-17-8-7-11-26(15-17)16-19-10-6-5-9-18(19)14-25-24(27)20-12-22(29-3)23(30-4)13-21(20)28-2/h5-6,9-10,12-13,17H,7-8,11,14-16H2,1-4H3,(H,25,27). The molecule has 0 saturated carbocycles. The number of hydrogen-bond acceptors (Lipinski definition) is 5. The van der Waals surface area contributed by atoms with Crippen LogP contribution in [0.25, 0.3) is 0 Å². The first-order valence-electron chi connectivity index (χ1n) is 10.4. The van der Waals surface area contributed by atoms with E-state index in [1.54, 1.807) is 26.4 Å². The van der Waals surface area contributed by atoms with Crippen molar-refractivity contribution >= 4 is 5.91 Å². The van der Waals surface area contributed by atoms with E-state index in [0.29, 0.717) is 29.4 Å². The molecule has 1 unspecified atom stereocenters. The van der Waals surface area contributed by atoms with Gasteiger partial charge in [-0.25, -0.2) is 0 Å². The molecule has 1 aliphatic rings. The molecule has 1 N–H and O–H groups in total. The van der Waals surface area contributed by atoms with E-state index < -0.39 is 0 Å². The van der Waals surface area contributed by atoms with Gasteiger partial charge in [0.2, 0.25) is 0 Å². The van der Waals surface area contributed by atoms with Gasteiger partial charge in [0.15, 0.2) is 11.5 Å². The van der Waals surface area contributed by atoms with E-state index >= 15 is 0 Å². The van der Waals surface area contributed by atoms with Gasteiger partial charge in [-0.2, -0.15) is 0 Å². The Kier molecular flexibility index (Phi) is 7.57. The molecule has 0 bridgehead atoms. The van der Waals surface area contributed by atoms with Crippen LogP contribution in [0.3, 0.4) is 0 Å². The van der Waals surface area contributed by atoms with Crippen LogP contribution in [0.4, 0.5) is 0 Å². The molecule has 1 atom stereocenters. The Labute approximate surface area is 179 Å². The number of carbonyl (C=O) groups excluding carboxylic acids is 1. The summed E-state index contributed by atoms with van der Waals surface area (Å²) in [5.41, 5.74) is 2.80. The lowest BCUT2D eigenvalue weighted by Gasteiger charge is -2.31. The number of amides is 1. The maximum atomic E-state index is 12.9. The highest BCUT2D eigenvalue weighted by atomic mass is 16.5. The zero-order valence-electron chi connectivity index (χ0n) is 18.4. The molecule has 2 aromatic rings. The minimum Gasteiger partial charge on any atom is -0.496 e. The summed E-state index contributed by atoms with van der Waals surface area (Å²) in [5.74, 6) is 1.98. The first-order valence-corrected chi connectivity index (χ1v) is 10.4. The molecule has 1 saturated heterocycles. The predicted octanol–water partition coefficient (Wildman–Crippen LogP) is 3.87. The Morgan fingerprint density at radius 3 is 2.37 bits per heavy atom. The molecule has 6 heteroatoms. The molecular weight excluding hydrogens is 380 g/mol. The zero-order chi connectivity index (χ0) is 21.5.